The van der Waals surface area contributed by atoms with Crippen molar-refractivity contribution in [2.75, 3.05) is 13.7 Å². The maximum Gasteiger partial charge on any atom is 0.407 e. The van der Waals surface area contributed by atoms with E-state index in [1.54, 1.807) is 0 Å². The van der Waals surface area contributed by atoms with Gasteiger partial charge in [-0.05, 0) is 36.3 Å². The number of carbonyl (C=O) groups excluding carboxylic acids is 2. The zero-order chi connectivity index (χ0) is 17.3. The zero-order valence-corrected chi connectivity index (χ0v) is 14.7. The quantitative estimate of drug-likeness (QED) is 0.923. The van der Waals surface area contributed by atoms with E-state index >= 15 is 0 Å². The van der Waals surface area contributed by atoms with Crippen LogP contribution in [0.5, 0.6) is 0 Å². The minimum absolute atomic E-state index is 0.00474. The molecule has 5 nitrogen and oxygen atoms in total. The summed E-state index contributed by atoms with van der Waals surface area (Å²) in [6, 6.07) is 7.89. The first-order valence-corrected chi connectivity index (χ1v) is 8.67. The Kier molecular flexibility index (Phi) is 4.52. The lowest BCUT2D eigenvalue weighted by Crippen LogP contribution is -2.52. The summed E-state index contributed by atoms with van der Waals surface area (Å²) in [6.07, 6.45) is 2.33. The number of hydrogen-bond donors (Lipinski definition) is 1. The van der Waals surface area contributed by atoms with E-state index in [4.69, 9.17) is 0 Å². The Hall–Kier alpha value is -2.04. The number of fused-ring (bicyclic) bond motifs is 2. The number of amides is 2. The molecule has 1 aromatic rings. The van der Waals surface area contributed by atoms with Gasteiger partial charge in [0.1, 0.15) is 6.04 Å². The molecule has 3 rings (SSSR count). The number of nitrogens with one attached hydrogen (secondary N) is 1. The highest BCUT2D eigenvalue weighted by atomic mass is 16.5. The topological polar surface area (TPSA) is 58.6 Å². The standard InChI is InChI=1S/C19H26N2O3/c1-13(2)10-16(20-18(23)24-3)17(22)21-11-14-6-4-5-7-15(14)19(12-21)8-9-19/h4-7,13,16H,8-12H2,1-3H3,(H,20,23). The Morgan fingerprint density at radius 2 is 2.00 bits per heavy atom. The van der Waals surface area contributed by atoms with Crippen molar-refractivity contribution in [1.82, 2.24) is 10.2 Å². The van der Waals surface area contributed by atoms with Crippen LogP contribution in [0.1, 0.15) is 44.2 Å². The number of carbonyl (C=O) groups is 2. The summed E-state index contributed by atoms with van der Waals surface area (Å²) in [4.78, 5) is 26.6. The van der Waals surface area contributed by atoms with Crippen LogP contribution in [0.3, 0.4) is 0 Å². The second kappa shape index (κ2) is 6.46. The highest BCUT2D eigenvalue weighted by molar-refractivity contribution is 5.86. The molecule has 130 valence electrons. The van der Waals surface area contributed by atoms with Gasteiger partial charge in [0.2, 0.25) is 5.91 Å². The van der Waals surface area contributed by atoms with Crippen LogP contribution < -0.4 is 5.32 Å². The fourth-order valence-corrected chi connectivity index (χ4v) is 3.74. The van der Waals surface area contributed by atoms with Crippen molar-refractivity contribution in [3.63, 3.8) is 0 Å². The van der Waals surface area contributed by atoms with E-state index in [1.165, 1.54) is 18.2 Å². The number of ether oxygens (including phenoxy) is 1. The monoisotopic (exact) mass is 330 g/mol. The van der Waals surface area contributed by atoms with Gasteiger partial charge in [-0.15, -0.1) is 0 Å². The van der Waals surface area contributed by atoms with Crippen LogP contribution >= 0.6 is 0 Å². The SMILES string of the molecule is COC(=O)NC(CC(C)C)C(=O)N1Cc2ccccc2C2(CC2)C1. The summed E-state index contributed by atoms with van der Waals surface area (Å²) in [5.74, 6) is 0.304. The van der Waals surface area contributed by atoms with Crippen molar-refractivity contribution in [1.29, 1.82) is 0 Å². The minimum Gasteiger partial charge on any atom is -0.453 e. The number of nitrogens with zero attached hydrogens (tertiary/aromatic N) is 1. The molecule has 24 heavy (non-hydrogen) atoms. The molecule has 5 heteroatoms. The number of rotatable bonds is 4. The van der Waals surface area contributed by atoms with Crippen LogP contribution in [0.4, 0.5) is 4.79 Å². The molecule has 1 aliphatic carbocycles. The molecule has 0 radical (unpaired) electrons. The van der Waals surface area contributed by atoms with Gasteiger partial charge in [-0.1, -0.05) is 38.1 Å². The maximum absolute atomic E-state index is 13.1. The highest BCUT2D eigenvalue weighted by Gasteiger charge is 2.50. The van der Waals surface area contributed by atoms with Crippen molar-refractivity contribution in [2.24, 2.45) is 5.92 Å². The van der Waals surface area contributed by atoms with Crippen molar-refractivity contribution in [3.8, 4) is 0 Å². The van der Waals surface area contributed by atoms with Crippen LogP contribution in [0.2, 0.25) is 0 Å². The van der Waals surface area contributed by atoms with E-state index in [2.05, 4.69) is 28.3 Å². The normalized spacial score (nSPS) is 18.9. The Balaban J connectivity index is 1.79. The van der Waals surface area contributed by atoms with Crippen molar-refractivity contribution in [3.05, 3.63) is 35.4 Å². The van der Waals surface area contributed by atoms with Crippen LogP contribution in [0.15, 0.2) is 24.3 Å². The van der Waals surface area contributed by atoms with Crippen molar-refractivity contribution < 1.29 is 14.3 Å². The Bertz CT molecular complexity index is 637. The number of benzene rings is 1. The molecule has 0 saturated heterocycles. The minimum atomic E-state index is -0.549. The third kappa shape index (κ3) is 3.25. The van der Waals surface area contributed by atoms with Gasteiger partial charge in [0, 0.05) is 18.5 Å². The molecule has 1 heterocycles. The molecule has 1 atom stereocenters. The summed E-state index contributed by atoms with van der Waals surface area (Å²) in [7, 11) is 1.32. The summed E-state index contributed by atoms with van der Waals surface area (Å²) < 4.78 is 4.69. The first-order valence-electron chi connectivity index (χ1n) is 8.67. The molecule has 0 aromatic heterocycles. The van der Waals surface area contributed by atoms with Crippen molar-refractivity contribution in [2.45, 2.75) is 51.1 Å². The van der Waals surface area contributed by atoms with Gasteiger partial charge in [0.25, 0.3) is 0 Å². The van der Waals surface area contributed by atoms with Crippen LogP contribution in [0, 0.1) is 5.92 Å². The van der Waals surface area contributed by atoms with Crippen LogP contribution in [0.25, 0.3) is 0 Å². The maximum atomic E-state index is 13.1. The fraction of sp³-hybridized carbons (Fsp3) is 0.579. The van der Waals surface area contributed by atoms with Gasteiger partial charge in [-0.2, -0.15) is 0 Å². The van der Waals surface area contributed by atoms with E-state index in [0.717, 1.165) is 19.4 Å². The molecular formula is C19H26N2O3. The van der Waals surface area contributed by atoms with Gasteiger partial charge < -0.3 is 15.0 Å². The average Bonchev–Trinajstić information content (AvgIpc) is 3.33. The van der Waals surface area contributed by atoms with E-state index < -0.39 is 12.1 Å². The molecule has 1 spiro atoms. The number of alkyl carbamates (subject to hydrolysis) is 1. The number of hydrogen-bond acceptors (Lipinski definition) is 3. The van der Waals surface area contributed by atoms with Crippen LogP contribution in [-0.4, -0.2) is 36.6 Å². The molecule has 0 bridgehead atoms. The second-order valence-corrected chi connectivity index (χ2v) is 7.45. The summed E-state index contributed by atoms with van der Waals surface area (Å²) in [6.45, 7) is 5.47. The summed E-state index contributed by atoms with van der Waals surface area (Å²) in [5, 5.41) is 2.71. The molecule has 2 amide bonds. The Labute approximate surface area is 143 Å². The molecule has 1 fully saturated rings. The first kappa shape index (κ1) is 16.8. The van der Waals surface area contributed by atoms with Crippen LogP contribution in [-0.2, 0) is 21.5 Å². The van der Waals surface area contributed by atoms with Gasteiger partial charge in [0.05, 0.1) is 7.11 Å². The number of methoxy groups -OCH3 is 1. The van der Waals surface area contributed by atoms with Gasteiger partial charge in [-0.25, -0.2) is 4.79 Å². The summed E-state index contributed by atoms with van der Waals surface area (Å²) >= 11 is 0. The molecule has 2 aliphatic rings. The summed E-state index contributed by atoms with van der Waals surface area (Å²) in [5.41, 5.74) is 2.77. The van der Waals surface area contributed by atoms with Gasteiger partial charge in [-0.3, -0.25) is 4.79 Å². The smallest absolute Gasteiger partial charge is 0.407 e. The lowest BCUT2D eigenvalue weighted by molar-refractivity contribution is -0.135. The third-order valence-electron chi connectivity index (χ3n) is 5.09. The van der Waals surface area contributed by atoms with Crippen molar-refractivity contribution >= 4 is 12.0 Å². The van der Waals surface area contributed by atoms with Gasteiger partial charge >= 0.3 is 6.09 Å². The third-order valence-corrected chi connectivity index (χ3v) is 5.09. The average molecular weight is 330 g/mol. The predicted octanol–water partition coefficient (Wildman–Crippen LogP) is 2.83. The molecule has 1 aromatic carbocycles. The second-order valence-electron chi connectivity index (χ2n) is 7.45. The molecular weight excluding hydrogens is 304 g/mol. The highest BCUT2D eigenvalue weighted by Crippen LogP contribution is 2.52. The van der Waals surface area contributed by atoms with E-state index in [9.17, 15) is 9.59 Å². The predicted molar refractivity (Wildman–Crippen MR) is 91.6 cm³/mol. The fourth-order valence-electron chi connectivity index (χ4n) is 3.74. The molecule has 1 saturated carbocycles. The lowest BCUT2D eigenvalue weighted by Gasteiger charge is -2.37. The van der Waals surface area contributed by atoms with E-state index in [-0.39, 0.29) is 11.3 Å². The lowest BCUT2D eigenvalue weighted by atomic mass is 9.86. The van der Waals surface area contributed by atoms with E-state index in [1.807, 2.05) is 24.8 Å². The first-order chi connectivity index (χ1) is 11.4. The molecule has 1 N–H and O–H groups in total. The zero-order valence-electron chi connectivity index (χ0n) is 14.7. The Morgan fingerprint density at radius 1 is 1.29 bits per heavy atom. The van der Waals surface area contributed by atoms with E-state index in [0.29, 0.717) is 18.9 Å². The largest absolute Gasteiger partial charge is 0.453 e. The molecule has 1 aliphatic heterocycles. The van der Waals surface area contributed by atoms with Gasteiger partial charge in [0.15, 0.2) is 0 Å². The molecule has 1 unspecified atom stereocenters. The Morgan fingerprint density at radius 3 is 2.62 bits per heavy atom.